The predicted molar refractivity (Wildman–Crippen MR) is 49.2 cm³/mol. The summed E-state index contributed by atoms with van der Waals surface area (Å²) < 4.78 is 17.5. The summed E-state index contributed by atoms with van der Waals surface area (Å²) in [5.41, 5.74) is -0.0285. The lowest BCUT2D eigenvalue weighted by atomic mass is 10.1. The second kappa shape index (κ2) is 5.85. The standard InChI is InChI=1S/C4H10N3OP3/c1-4(2,3)5-9-6-10-7-11-8/h1-3H3,(H,5,6,7,8). The Balaban J connectivity index is 3.61. The van der Waals surface area contributed by atoms with Gasteiger partial charge >= 0.3 is 8.61 Å². The van der Waals surface area contributed by atoms with Crippen LogP contribution in [0.25, 0.3) is 0 Å². The molecule has 4 nitrogen and oxygen atoms in total. The number of nitrogens with zero attached hydrogens (tertiary/aromatic N) is 2. The molecule has 0 bridgehead atoms. The van der Waals surface area contributed by atoms with Gasteiger partial charge in [-0.05, 0) is 20.8 Å². The summed E-state index contributed by atoms with van der Waals surface area (Å²) >= 11 is 0. The first-order valence-corrected chi connectivity index (χ1v) is 5.41. The summed E-state index contributed by atoms with van der Waals surface area (Å²) in [6.07, 6.45) is 0. The average Bonchev–Trinajstić information content (AvgIpc) is 1.85. The van der Waals surface area contributed by atoms with Gasteiger partial charge in [-0.1, -0.05) is 0 Å². The summed E-state index contributed by atoms with van der Waals surface area (Å²) in [5, 5.41) is 0. The van der Waals surface area contributed by atoms with E-state index < -0.39 is 0 Å². The monoisotopic (exact) mass is 209 g/mol. The SMILES string of the molecule is CC(C)(C)N=PNP=NP=O. The van der Waals surface area contributed by atoms with E-state index in [4.69, 9.17) is 0 Å². The largest absolute Gasteiger partial charge is 0.308 e. The molecule has 0 aliphatic rings. The fraction of sp³-hybridized carbons (Fsp3) is 1.00. The molecule has 1 N–H and O–H groups in total. The molecule has 0 unspecified atom stereocenters. The first-order valence-electron chi connectivity index (χ1n) is 2.95. The van der Waals surface area contributed by atoms with Gasteiger partial charge in [0, 0.05) is 0 Å². The van der Waals surface area contributed by atoms with Gasteiger partial charge in [-0.25, -0.2) is 9.31 Å². The van der Waals surface area contributed by atoms with Crippen molar-refractivity contribution in [2.24, 2.45) is 9.26 Å². The van der Waals surface area contributed by atoms with Crippen molar-refractivity contribution in [3.63, 3.8) is 0 Å². The van der Waals surface area contributed by atoms with Crippen LogP contribution >= 0.6 is 25.7 Å². The molecule has 0 aliphatic carbocycles. The zero-order valence-electron chi connectivity index (χ0n) is 6.64. The van der Waals surface area contributed by atoms with Gasteiger partial charge in [0.25, 0.3) is 0 Å². The lowest BCUT2D eigenvalue weighted by Crippen LogP contribution is -2.06. The Morgan fingerprint density at radius 3 is 2.36 bits per heavy atom. The van der Waals surface area contributed by atoms with Crippen molar-refractivity contribution < 1.29 is 4.57 Å². The minimum absolute atomic E-state index is 0.0285. The van der Waals surface area contributed by atoms with Crippen molar-refractivity contribution in [3.8, 4) is 0 Å². The quantitative estimate of drug-likeness (QED) is 0.720. The van der Waals surface area contributed by atoms with Gasteiger partial charge in [0.1, 0.15) is 17.0 Å². The van der Waals surface area contributed by atoms with Gasteiger partial charge < -0.3 is 0 Å². The minimum atomic E-state index is -0.188. The van der Waals surface area contributed by atoms with Crippen LogP contribution in [-0.2, 0) is 4.57 Å². The molecule has 62 valence electrons. The van der Waals surface area contributed by atoms with Crippen molar-refractivity contribution in [1.82, 2.24) is 4.86 Å². The van der Waals surface area contributed by atoms with Gasteiger partial charge in [0.15, 0.2) is 0 Å². The Morgan fingerprint density at radius 2 is 1.91 bits per heavy atom. The van der Waals surface area contributed by atoms with Crippen LogP contribution < -0.4 is 4.86 Å². The third kappa shape index (κ3) is 10.3. The predicted octanol–water partition coefficient (Wildman–Crippen LogP) is 3.67. The molecule has 0 heterocycles. The lowest BCUT2D eigenvalue weighted by molar-refractivity contribution is 0.592. The maximum Gasteiger partial charge on any atom is 0.308 e. The van der Waals surface area contributed by atoms with E-state index in [-0.39, 0.29) is 14.1 Å². The summed E-state index contributed by atoms with van der Waals surface area (Å²) in [6, 6.07) is 0. The summed E-state index contributed by atoms with van der Waals surface area (Å²) in [7, 11) is 1.18. The second-order valence-electron chi connectivity index (χ2n) is 2.74. The van der Waals surface area contributed by atoms with Crippen molar-refractivity contribution in [1.29, 1.82) is 0 Å². The lowest BCUT2D eigenvalue weighted by Gasteiger charge is -2.08. The molecule has 0 fully saturated rings. The van der Waals surface area contributed by atoms with Gasteiger partial charge in [0.2, 0.25) is 0 Å². The molecule has 0 rings (SSSR count). The second-order valence-corrected chi connectivity index (χ2v) is 5.02. The van der Waals surface area contributed by atoms with E-state index in [1.54, 1.807) is 0 Å². The van der Waals surface area contributed by atoms with E-state index in [0.717, 1.165) is 8.52 Å². The Hall–Kier alpha value is 0.260. The normalized spacial score (nSPS) is 13.7. The Bertz CT molecular complexity index is 174. The molecule has 0 aromatic heterocycles. The number of hydrogen-bond donors (Lipinski definition) is 1. The molecule has 0 aliphatic heterocycles. The van der Waals surface area contributed by atoms with Gasteiger partial charge in [-0.2, -0.15) is 9.37 Å². The molecule has 0 spiro atoms. The van der Waals surface area contributed by atoms with Crippen LogP contribution in [0.4, 0.5) is 0 Å². The molecule has 0 aromatic rings. The highest BCUT2D eigenvalue weighted by Crippen LogP contribution is 2.15. The van der Waals surface area contributed by atoms with E-state index in [9.17, 15) is 4.57 Å². The molecule has 0 radical (unpaired) electrons. The average molecular weight is 209 g/mol. The van der Waals surface area contributed by atoms with Gasteiger partial charge in [0.05, 0.1) is 5.54 Å². The maximum atomic E-state index is 9.81. The van der Waals surface area contributed by atoms with Crippen LogP contribution in [0.15, 0.2) is 9.26 Å². The summed E-state index contributed by atoms with van der Waals surface area (Å²) in [4.78, 5) is 2.85. The van der Waals surface area contributed by atoms with Crippen molar-refractivity contribution in [2.45, 2.75) is 26.3 Å². The zero-order valence-corrected chi connectivity index (χ0v) is 9.33. The minimum Gasteiger partial charge on any atom is -0.247 e. The molecular weight excluding hydrogens is 199 g/mol. The van der Waals surface area contributed by atoms with Crippen LogP contribution in [0.5, 0.6) is 0 Å². The van der Waals surface area contributed by atoms with Gasteiger partial charge in [-0.3, -0.25) is 0 Å². The topological polar surface area (TPSA) is 53.8 Å². The van der Waals surface area contributed by atoms with Crippen LogP contribution in [0.3, 0.4) is 0 Å². The van der Waals surface area contributed by atoms with Crippen molar-refractivity contribution in [2.75, 3.05) is 0 Å². The van der Waals surface area contributed by atoms with Crippen LogP contribution in [0, 0.1) is 0 Å². The fourth-order valence-electron chi connectivity index (χ4n) is 0.231. The Kier molecular flexibility index (Phi) is 5.99. The molecule has 0 atom stereocenters. The molecule has 0 aromatic carbocycles. The summed E-state index contributed by atoms with van der Waals surface area (Å²) in [5.74, 6) is 0. The highest BCUT2D eigenvalue weighted by molar-refractivity contribution is 7.45. The smallest absolute Gasteiger partial charge is 0.247 e. The highest BCUT2D eigenvalue weighted by Gasteiger charge is 2.04. The fourth-order valence-corrected chi connectivity index (χ4v) is 1.54. The molecule has 11 heavy (non-hydrogen) atoms. The molecule has 0 saturated carbocycles. The highest BCUT2D eigenvalue weighted by atomic mass is 31.1. The molecule has 0 saturated heterocycles. The zero-order chi connectivity index (χ0) is 8.74. The first-order chi connectivity index (χ1) is 5.06. The third-order valence-electron chi connectivity index (χ3n) is 0.521. The Labute approximate surface area is 71.3 Å². The molecule has 7 heteroatoms. The van der Waals surface area contributed by atoms with Gasteiger partial charge in [-0.15, -0.1) is 0 Å². The number of hydrogen-bond acceptors (Lipinski definition) is 2. The summed E-state index contributed by atoms with van der Waals surface area (Å²) in [6.45, 7) is 6.05. The van der Waals surface area contributed by atoms with E-state index in [1.807, 2.05) is 20.8 Å². The van der Waals surface area contributed by atoms with E-state index in [0.29, 0.717) is 8.52 Å². The molecule has 0 amide bonds. The van der Waals surface area contributed by atoms with Crippen LogP contribution in [-0.4, -0.2) is 5.54 Å². The maximum absolute atomic E-state index is 9.81. The first kappa shape index (κ1) is 11.3. The van der Waals surface area contributed by atoms with Crippen LogP contribution in [0.1, 0.15) is 20.8 Å². The van der Waals surface area contributed by atoms with E-state index in [1.165, 1.54) is 0 Å². The van der Waals surface area contributed by atoms with Crippen LogP contribution in [0.2, 0.25) is 0 Å². The number of nitrogens with one attached hydrogen (secondary N) is 1. The van der Waals surface area contributed by atoms with E-state index >= 15 is 0 Å². The van der Waals surface area contributed by atoms with E-state index in [2.05, 4.69) is 14.1 Å². The Morgan fingerprint density at radius 1 is 1.27 bits per heavy atom. The van der Waals surface area contributed by atoms with Crippen molar-refractivity contribution >= 4 is 25.7 Å². The van der Waals surface area contributed by atoms with Crippen molar-refractivity contribution in [3.05, 3.63) is 0 Å². The molecular formula is C4H10N3OP3. The number of rotatable bonds is 3. The third-order valence-corrected chi connectivity index (χ3v) is 2.59.